The van der Waals surface area contributed by atoms with Gasteiger partial charge in [-0.1, -0.05) is 0 Å². The van der Waals surface area contributed by atoms with Crippen molar-refractivity contribution in [1.82, 2.24) is 0 Å². The SMILES string of the molecule is FC1(F)CSCC1(F)F. The van der Waals surface area contributed by atoms with Gasteiger partial charge in [0.1, 0.15) is 0 Å². The van der Waals surface area contributed by atoms with Crippen molar-refractivity contribution >= 4 is 11.8 Å². The molecule has 0 nitrogen and oxygen atoms in total. The Morgan fingerprint density at radius 2 is 1.22 bits per heavy atom. The maximum Gasteiger partial charge on any atom is 0.319 e. The van der Waals surface area contributed by atoms with Crippen LogP contribution < -0.4 is 0 Å². The van der Waals surface area contributed by atoms with Gasteiger partial charge in [-0.05, 0) is 0 Å². The van der Waals surface area contributed by atoms with Gasteiger partial charge >= 0.3 is 11.8 Å². The van der Waals surface area contributed by atoms with Gasteiger partial charge in [-0.2, -0.15) is 17.6 Å². The maximum absolute atomic E-state index is 12.0. The zero-order chi connectivity index (χ0) is 7.12. The zero-order valence-electron chi connectivity index (χ0n) is 4.33. The standard InChI is InChI=1S/C4H4F4S/c5-3(6)1-9-2-4(3,7)8/h1-2H2. The Morgan fingerprint density at radius 3 is 1.33 bits per heavy atom. The largest absolute Gasteiger partial charge is 0.319 e. The fourth-order valence-electron chi connectivity index (χ4n) is 0.519. The quantitative estimate of drug-likeness (QED) is 0.488. The third kappa shape index (κ3) is 1.02. The molecule has 0 saturated carbocycles. The molecule has 1 heterocycles. The Bertz CT molecular complexity index is 108. The summed E-state index contributed by atoms with van der Waals surface area (Å²) in [6.07, 6.45) is 0. The van der Waals surface area contributed by atoms with Crippen LogP contribution in [0.3, 0.4) is 0 Å². The summed E-state index contributed by atoms with van der Waals surface area (Å²) >= 11 is 0.588. The van der Waals surface area contributed by atoms with Crippen LogP contribution in [0, 0.1) is 0 Å². The minimum absolute atomic E-state index is 0.588. The van der Waals surface area contributed by atoms with Crippen molar-refractivity contribution in [3.05, 3.63) is 0 Å². The fourth-order valence-corrected chi connectivity index (χ4v) is 1.56. The number of hydrogen-bond donors (Lipinski definition) is 0. The monoisotopic (exact) mass is 160 g/mol. The smallest absolute Gasteiger partial charge is 0.199 e. The third-order valence-electron chi connectivity index (χ3n) is 1.10. The van der Waals surface area contributed by atoms with Crippen LogP contribution in [0.4, 0.5) is 17.6 Å². The van der Waals surface area contributed by atoms with Gasteiger partial charge in [-0.25, -0.2) is 0 Å². The van der Waals surface area contributed by atoms with E-state index in [2.05, 4.69) is 0 Å². The van der Waals surface area contributed by atoms with Crippen LogP contribution >= 0.6 is 11.8 Å². The van der Waals surface area contributed by atoms with E-state index in [0.717, 1.165) is 0 Å². The second-order valence-electron chi connectivity index (χ2n) is 1.90. The van der Waals surface area contributed by atoms with Gasteiger partial charge in [0.05, 0.1) is 11.5 Å². The van der Waals surface area contributed by atoms with Crippen LogP contribution in [0.5, 0.6) is 0 Å². The highest BCUT2D eigenvalue weighted by Crippen LogP contribution is 2.44. The van der Waals surface area contributed by atoms with Gasteiger partial charge in [0.25, 0.3) is 0 Å². The second-order valence-corrected chi connectivity index (χ2v) is 2.89. The Kier molecular flexibility index (Phi) is 1.42. The minimum Gasteiger partial charge on any atom is -0.199 e. The lowest BCUT2D eigenvalue weighted by Gasteiger charge is -2.15. The summed E-state index contributed by atoms with van der Waals surface area (Å²) in [5.41, 5.74) is 0. The molecule has 0 aliphatic carbocycles. The van der Waals surface area contributed by atoms with Crippen molar-refractivity contribution in [1.29, 1.82) is 0 Å². The molecule has 0 radical (unpaired) electrons. The highest BCUT2D eigenvalue weighted by atomic mass is 32.2. The van der Waals surface area contributed by atoms with Crippen molar-refractivity contribution in [2.24, 2.45) is 0 Å². The van der Waals surface area contributed by atoms with Crippen molar-refractivity contribution in [2.45, 2.75) is 11.8 Å². The van der Waals surface area contributed by atoms with Crippen LogP contribution in [0.25, 0.3) is 0 Å². The predicted molar refractivity (Wildman–Crippen MR) is 27.2 cm³/mol. The first-order chi connectivity index (χ1) is 3.96. The maximum atomic E-state index is 12.0. The fraction of sp³-hybridized carbons (Fsp3) is 1.00. The Hall–Kier alpha value is 0.0700. The molecular weight excluding hydrogens is 156 g/mol. The van der Waals surface area contributed by atoms with Crippen molar-refractivity contribution in [3.63, 3.8) is 0 Å². The number of alkyl halides is 4. The molecule has 5 heteroatoms. The first-order valence-corrected chi connectivity index (χ1v) is 3.45. The zero-order valence-corrected chi connectivity index (χ0v) is 5.15. The number of rotatable bonds is 0. The van der Waals surface area contributed by atoms with Crippen molar-refractivity contribution in [2.75, 3.05) is 11.5 Å². The summed E-state index contributed by atoms with van der Waals surface area (Å²) in [5.74, 6) is -9.06. The van der Waals surface area contributed by atoms with E-state index >= 15 is 0 Å². The summed E-state index contributed by atoms with van der Waals surface area (Å²) in [6.45, 7) is 0. The minimum atomic E-state index is -3.78. The van der Waals surface area contributed by atoms with Gasteiger partial charge in [0, 0.05) is 0 Å². The molecule has 1 aliphatic heterocycles. The van der Waals surface area contributed by atoms with E-state index in [4.69, 9.17) is 0 Å². The van der Waals surface area contributed by atoms with E-state index in [1.54, 1.807) is 0 Å². The number of halogens is 4. The van der Waals surface area contributed by atoms with E-state index < -0.39 is 23.4 Å². The highest BCUT2D eigenvalue weighted by molar-refractivity contribution is 7.99. The average molecular weight is 160 g/mol. The van der Waals surface area contributed by atoms with Crippen molar-refractivity contribution in [3.8, 4) is 0 Å². The molecule has 0 N–H and O–H groups in total. The molecule has 0 spiro atoms. The lowest BCUT2D eigenvalue weighted by molar-refractivity contribution is -0.172. The molecule has 0 aromatic carbocycles. The second kappa shape index (κ2) is 1.78. The molecule has 0 unspecified atom stereocenters. The van der Waals surface area contributed by atoms with Crippen LogP contribution in [-0.4, -0.2) is 23.4 Å². The molecule has 1 rings (SSSR count). The van der Waals surface area contributed by atoms with Crippen LogP contribution in [-0.2, 0) is 0 Å². The summed E-state index contributed by atoms with van der Waals surface area (Å²) in [5, 5.41) is 0. The van der Waals surface area contributed by atoms with Crippen molar-refractivity contribution < 1.29 is 17.6 Å². The molecule has 1 aliphatic rings. The highest BCUT2D eigenvalue weighted by Gasteiger charge is 2.60. The molecule has 1 saturated heterocycles. The first kappa shape index (κ1) is 7.18. The van der Waals surface area contributed by atoms with Gasteiger partial charge in [0.15, 0.2) is 0 Å². The van der Waals surface area contributed by atoms with E-state index in [1.807, 2.05) is 0 Å². The molecule has 0 atom stereocenters. The average Bonchev–Trinajstić information content (AvgIpc) is 1.81. The number of hydrogen-bond acceptors (Lipinski definition) is 1. The lowest BCUT2D eigenvalue weighted by Crippen LogP contribution is -2.38. The van der Waals surface area contributed by atoms with Gasteiger partial charge < -0.3 is 0 Å². The molecule has 0 bridgehead atoms. The summed E-state index contributed by atoms with van der Waals surface area (Å²) < 4.78 is 47.8. The Balaban J connectivity index is 2.75. The van der Waals surface area contributed by atoms with E-state index in [1.165, 1.54) is 0 Å². The summed E-state index contributed by atoms with van der Waals surface area (Å²) in [6, 6.07) is 0. The Labute approximate surface area is 53.6 Å². The third-order valence-corrected chi connectivity index (χ3v) is 2.24. The summed E-state index contributed by atoms with van der Waals surface area (Å²) in [7, 11) is 0. The van der Waals surface area contributed by atoms with Crippen LogP contribution in [0.2, 0.25) is 0 Å². The molecule has 0 amide bonds. The normalized spacial score (nSPS) is 30.7. The topological polar surface area (TPSA) is 0 Å². The molecule has 9 heavy (non-hydrogen) atoms. The first-order valence-electron chi connectivity index (χ1n) is 2.29. The molecular formula is C4H4F4S. The van der Waals surface area contributed by atoms with E-state index in [9.17, 15) is 17.6 Å². The lowest BCUT2D eigenvalue weighted by atomic mass is 10.2. The molecule has 0 aromatic heterocycles. The molecule has 1 fully saturated rings. The van der Waals surface area contributed by atoms with Crippen LogP contribution in [0.1, 0.15) is 0 Å². The Morgan fingerprint density at radius 1 is 0.889 bits per heavy atom. The van der Waals surface area contributed by atoms with Crippen LogP contribution in [0.15, 0.2) is 0 Å². The molecule has 54 valence electrons. The van der Waals surface area contributed by atoms with E-state index in [0.29, 0.717) is 11.8 Å². The van der Waals surface area contributed by atoms with E-state index in [-0.39, 0.29) is 0 Å². The van der Waals surface area contributed by atoms with Gasteiger partial charge in [-0.3, -0.25) is 0 Å². The van der Waals surface area contributed by atoms with Gasteiger partial charge in [-0.15, -0.1) is 11.8 Å². The van der Waals surface area contributed by atoms with Gasteiger partial charge in [0.2, 0.25) is 0 Å². The molecule has 0 aromatic rings. The summed E-state index contributed by atoms with van der Waals surface area (Å²) in [4.78, 5) is 0. The predicted octanol–water partition coefficient (Wildman–Crippen LogP) is 2.00. The number of thioether (sulfide) groups is 1.